The first-order chi connectivity index (χ1) is 15.0. The highest BCUT2D eigenvalue weighted by Crippen LogP contribution is 2.25. The lowest BCUT2D eigenvalue weighted by atomic mass is 10.0. The second kappa shape index (κ2) is 8.50. The summed E-state index contributed by atoms with van der Waals surface area (Å²) in [5.41, 5.74) is 2.11. The van der Waals surface area contributed by atoms with Gasteiger partial charge in [-0.15, -0.1) is 0 Å². The van der Waals surface area contributed by atoms with Gasteiger partial charge in [0.1, 0.15) is 0 Å². The quantitative estimate of drug-likeness (QED) is 0.201. The van der Waals surface area contributed by atoms with E-state index in [2.05, 4.69) is 9.97 Å². The standard InChI is InChI=1S/C23H15N3O5/c27-22(16-4-3-5-17(12-16)26(29)30)14-31-23(28)19-13-21(15-8-10-24-11-9-15)25-20-7-2-1-6-18(19)20/h1-13H,14H2. The van der Waals surface area contributed by atoms with Gasteiger partial charge in [-0.1, -0.05) is 30.3 Å². The lowest BCUT2D eigenvalue weighted by Gasteiger charge is -2.10. The van der Waals surface area contributed by atoms with E-state index in [-0.39, 0.29) is 16.8 Å². The highest BCUT2D eigenvalue weighted by Gasteiger charge is 2.18. The number of nitro groups is 1. The van der Waals surface area contributed by atoms with E-state index in [9.17, 15) is 19.7 Å². The first-order valence-electron chi connectivity index (χ1n) is 9.28. The number of carbonyl (C=O) groups excluding carboxylic acids is 2. The number of hydrogen-bond acceptors (Lipinski definition) is 7. The number of non-ortho nitro benzene ring substituents is 1. The summed E-state index contributed by atoms with van der Waals surface area (Å²) >= 11 is 0. The lowest BCUT2D eigenvalue weighted by Crippen LogP contribution is -2.15. The Balaban J connectivity index is 1.61. The third kappa shape index (κ3) is 4.27. The van der Waals surface area contributed by atoms with Gasteiger partial charge >= 0.3 is 5.97 Å². The minimum Gasteiger partial charge on any atom is -0.454 e. The van der Waals surface area contributed by atoms with E-state index in [4.69, 9.17) is 4.74 Å². The smallest absolute Gasteiger partial charge is 0.339 e. The largest absolute Gasteiger partial charge is 0.454 e. The van der Waals surface area contributed by atoms with E-state index in [1.54, 1.807) is 48.8 Å². The molecule has 2 aromatic carbocycles. The Hall–Kier alpha value is -4.46. The van der Waals surface area contributed by atoms with Crippen molar-refractivity contribution in [1.82, 2.24) is 9.97 Å². The Kier molecular flexibility index (Phi) is 5.44. The summed E-state index contributed by atoms with van der Waals surface area (Å²) in [4.78, 5) is 44.1. The molecule has 0 aliphatic carbocycles. The van der Waals surface area contributed by atoms with Gasteiger partial charge in [0.05, 0.1) is 21.7 Å². The van der Waals surface area contributed by atoms with Crippen molar-refractivity contribution in [2.45, 2.75) is 0 Å². The molecule has 8 nitrogen and oxygen atoms in total. The summed E-state index contributed by atoms with van der Waals surface area (Å²) in [5, 5.41) is 11.5. The Labute approximate surface area is 176 Å². The first kappa shape index (κ1) is 19.8. The van der Waals surface area contributed by atoms with E-state index >= 15 is 0 Å². The number of carbonyl (C=O) groups is 2. The van der Waals surface area contributed by atoms with Crippen LogP contribution in [0.5, 0.6) is 0 Å². The number of Topliss-reactive ketones (excluding diaryl/α,β-unsaturated/α-hetero) is 1. The summed E-state index contributed by atoms with van der Waals surface area (Å²) in [6.07, 6.45) is 3.25. The number of para-hydroxylation sites is 1. The third-order valence-electron chi connectivity index (χ3n) is 4.63. The zero-order valence-electron chi connectivity index (χ0n) is 16.1. The molecular weight excluding hydrogens is 398 g/mol. The van der Waals surface area contributed by atoms with Crippen molar-refractivity contribution in [3.05, 3.63) is 100 Å². The molecule has 8 heteroatoms. The van der Waals surface area contributed by atoms with Gasteiger partial charge in [-0.25, -0.2) is 9.78 Å². The maximum absolute atomic E-state index is 12.8. The number of pyridine rings is 2. The highest BCUT2D eigenvalue weighted by molar-refractivity contribution is 6.06. The topological polar surface area (TPSA) is 112 Å². The number of ether oxygens (including phenoxy) is 1. The molecule has 0 N–H and O–H groups in total. The van der Waals surface area contributed by atoms with Crippen molar-refractivity contribution < 1.29 is 19.2 Å². The van der Waals surface area contributed by atoms with Crippen molar-refractivity contribution in [3.8, 4) is 11.3 Å². The van der Waals surface area contributed by atoms with Crippen LogP contribution in [0, 0.1) is 10.1 Å². The van der Waals surface area contributed by atoms with Gasteiger partial charge in [0, 0.05) is 41.0 Å². The molecule has 0 fully saturated rings. The van der Waals surface area contributed by atoms with Gasteiger partial charge in [-0.2, -0.15) is 0 Å². The number of benzene rings is 2. The Bertz CT molecular complexity index is 1310. The number of fused-ring (bicyclic) bond motifs is 1. The molecule has 4 aromatic rings. The van der Waals surface area contributed by atoms with Crippen LogP contribution in [0.25, 0.3) is 22.2 Å². The number of aromatic nitrogens is 2. The van der Waals surface area contributed by atoms with Gasteiger partial charge in [-0.3, -0.25) is 19.9 Å². The molecular formula is C23H15N3O5. The van der Waals surface area contributed by atoms with E-state index in [0.717, 1.165) is 11.6 Å². The van der Waals surface area contributed by atoms with E-state index in [1.807, 2.05) is 6.07 Å². The molecule has 0 bridgehead atoms. The maximum Gasteiger partial charge on any atom is 0.339 e. The molecule has 0 atom stereocenters. The number of hydrogen-bond donors (Lipinski definition) is 0. The van der Waals surface area contributed by atoms with Crippen LogP contribution in [0.1, 0.15) is 20.7 Å². The Morgan fingerprint density at radius 1 is 0.968 bits per heavy atom. The number of rotatable bonds is 6. The molecule has 0 aliphatic rings. The monoisotopic (exact) mass is 413 g/mol. The fraction of sp³-hybridized carbons (Fsp3) is 0.0435. The Morgan fingerprint density at radius 2 is 1.74 bits per heavy atom. The van der Waals surface area contributed by atoms with Crippen molar-refractivity contribution in [3.63, 3.8) is 0 Å². The molecule has 2 heterocycles. The number of ketones is 1. The minimum absolute atomic E-state index is 0.0964. The lowest BCUT2D eigenvalue weighted by molar-refractivity contribution is -0.384. The zero-order chi connectivity index (χ0) is 21.8. The van der Waals surface area contributed by atoms with Crippen LogP contribution in [0.15, 0.2) is 79.1 Å². The molecule has 0 radical (unpaired) electrons. The Morgan fingerprint density at radius 3 is 2.52 bits per heavy atom. The number of esters is 1. The van der Waals surface area contributed by atoms with Gasteiger partial charge in [0.2, 0.25) is 5.78 Å². The summed E-state index contributed by atoms with van der Waals surface area (Å²) < 4.78 is 5.25. The van der Waals surface area contributed by atoms with E-state index < -0.39 is 23.3 Å². The first-order valence-corrected chi connectivity index (χ1v) is 9.28. The summed E-state index contributed by atoms with van der Waals surface area (Å²) in [5.74, 6) is -1.22. The van der Waals surface area contributed by atoms with Crippen LogP contribution in [0.2, 0.25) is 0 Å². The zero-order valence-corrected chi connectivity index (χ0v) is 16.1. The minimum atomic E-state index is -0.687. The normalized spacial score (nSPS) is 10.6. The molecule has 0 unspecified atom stereocenters. The third-order valence-corrected chi connectivity index (χ3v) is 4.63. The van der Waals surface area contributed by atoms with Crippen LogP contribution < -0.4 is 0 Å². The summed E-state index contributed by atoms with van der Waals surface area (Å²) in [7, 11) is 0. The van der Waals surface area contributed by atoms with Crippen LogP contribution in [-0.4, -0.2) is 33.3 Å². The molecule has 152 valence electrons. The number of nitrogens with zero attached hydrogens (tertiary/aromatic N) is 3. The second-order valence-electron chi connectivity index (χ2n) is 6.61. The molecule has 0 saturated heterocycles. The highest BCUT2D eigenvalue weighted by atomic mass is 16.6. The van der Waals surface area contributed by atoms with E-state index in [0.29, 0.717) is 16.6 Å². The van der Waals surface area contributed by atoms with Crippen molar-refractivity contribution in [2.75, 3.05) is 6.61 Å². The van der Waals surface area contributed by atoms with Crippen molar-refractivity contribution in [1.29, 1.82) is 0 Å². The molecule has 0 aliphatic heterocycles. The predicted octanol–water partition coefficient (Wildman–Crippen LogP) is 4.24. The molecule has 0 amide bonds. The molecule has 0 spiro atoms. The van der Waals surface area contributed by atoms with Gasteiger partial charge in [0.25, 0.3) is 5.69 Å². The average Bonchev–Trinajstić information content (AvgIpc) is 2.82. The maximum atomic E-state index is 12.8. The summed E-state index contributed by atoms with van der Waals surface area (Å²) in [6.45, 7) is -0.540. The average molecular weight is 413 g/mol. The van der Waals surface area contributed by atoms with Crippen LogP contribution in [0.3, 0.4) is 0 Å². The summed E-state index contributed by atoms with van der Waals surface area (Å²) in [6, 6.07) is 17.6. The van der Waals surface area contributed by atoms with Crippen LogP contribution in [0.4, 0.5) is 5.69 Å². The molecule has 4 rings (SSSR count). The fourth-order valence-corrected chi connectivity index (χ4v) is 3.10. The van der Waals surface area contributed by atoms with E-state index in [1.165, 1.54) is 18.2 Å². The predicted molar refractivity (Wildman–Crippen MR) is 113 cm³/mol. The molecule has 31 heavy (non-hydrogen) atoms. The fourth-order valence-electron chi connectivity index (χ4n) is 3.10. The van der Waals surface area contributed by atoms with Crippen molar-refractivity contribution in [2.24, 2.45) is 0 Å². The van der Waals surface area contributed by atoms with Crippen LogP contribution >= 0.6 is 0 Å². The van der Waals surface area contributed by atoms with Gasteiger partial charge in [-0.05, 0) is 24.3 Å². The SMILES string of the molecule is O=C(COC(=O)c1cc(-c2ccncc2)nc2ccccc12)c1cccc([N+](=O)[O-])c1. The molecule has 0 saturated carbocycles. The number of nitro benzene ring substituents is 1. The van der Waals surface area contributed by atoms with Gasteiger partial charge < -0.3 is 4.74 Å². The van der Waals surface area contributed by atoms with Crippen LogP contribution in [-0.2, 0) is 4.74 Å². The van der Waals surface area contributed by atoms with Gasteiger partial charge in [0.15, 0.2) is 6.61 Å². The molecule has 2 aromatic heterocycles. The second-order valence-corrected chi connectivity index (χ2v) is 6.61. The van der Waals surface area contributed by atoms with Crippen molar-refractivity contribution >= 4 is 28.3 Å².